The van der Waals surface area contributed by atoms with Gasteiger partial charge < -0.3 is 4.42 Å². The zero-order valence-corrected chi connectivity index (χ0v) is 14.5. The molecule has 0 N–H and O–H groups in total. The van der Waals surface area contributed by atoms with Crippen LogP contribution in [0.1, 0.15) is 0 Å². The molecule has 6 aromatic rings. The highest BCUT2D eigenvalue weighted by atomic mass is 16.3. The third-order valence-corrected chi connectivity index (χ3v) is 5.31. The first-order valence-corrected chi connectivity index (χ1v) is 9.07. The summed E-state index contributed by atoms with van der Waals surface area (Å²) in [4.78, 5) is 4.47. The van der Waals surface area contributed by atoms with Crippen molar-refractivity contribution in [1.29, 1.82) is 0 Å². The molecule has 2 aromatic heterocycles. The van der Waals surface area contributed by atoms with Crippen LogP contribution in [0.3, 0.4) is 0 Å². The highest BCUT2D eigenvalue weighted by molar-refractivity contribution is 6.30. The van der Waals surface area contributed by atoms with Gasteiger partial charge in [0, 0.05) is 27.9 Å². The third-order valence-electron chi connectivity index (χ3n) is 5.31. The Balaban J connectivity index is 1.79. The predicted octanol–water partition coefficient (Wildman–Crippen LogP) is 6.95. The number of benzene rings is 4. The first-order chi connectivity index (χ1) is 13.4. The van der Waals surface area contributed by atoms with E-state index in [0.717, 1.165) is 33.2 Å². The van der Waals surface area contributed by atoms with Crippen LogP contribution in [-0.4, -0.2) is 4.98 Å². The summed E-state index contributed by atoms with van der Waals surface area (Å²) in [5.74, 6) is 0. The van der Waals surface area contributed by atoms with E-state index in [4.69, 9.17) is 4.42 Å². The SMILES string of the molecule is c1ccc(-c2ccc3c(c2)oc2c4ccccc4c4ccccc4c32)nc1. The molecule has 6 rings (SSSR count). The molecule has 0 fully saturated rings. The number of rotatable bonds is 1. The molecule has 2 heterocycles. The van der Waals surface area contributed by atoms with Crippen molar-refractivity contribution in [3.8, 4) is 11.3 Å². The average Bonchev–Trinajstić information content (AvgIpc) is 3.14. The van der Waals surface area contributed by atoms with Crippen LogP contribution in [0.15, 0.2) is 95.5 Å². The Morgan fingerprint density at radius 1 is 0.593 bits per heavy atom. The maximum atomic E-state index is 6.41. The summed E-state index contributed by atoms with van der Waals surface area (Å²) in [6, 6.07) is 29.4. The van der Waals surface area contributed by atoms with Gasteiger partial charge in [-0.3, -0.25) is 4.98 Å². The number of nitrogens with zero attached hydrogens (tertiary/aromatic N) is 1. The number of furan rings is 1. The fourth-order valence-electron chi connectivity index (χ4n) is 4.10. The quantitative estimate of drug-likeness (QED) is 0.301. The van der Waals surface area contributed by atoms with Crippen LogP contribution in [0.5, 0.6) is 0 Å². The number of hydrogen-bond donors (Lipinski definition) is 0. The van der Waals surface area contributed by atoms with Crippen LogP contribution in [0.4, 0.5) is 0 Å². The maximum Gasteiger partial charge on any atom is 0.143 e. The number of fused-ring (bicyclic) bond motifs is 8. The van der Waals surface area contributed by atoms with Crippen LogP contribution in [0.2, 0.25) is 0 Å². The molecule has 0 saturated carbocycles. The first kappa shape index (κ1) is 14.5. The number of hydrogen-bond acceptors (Lipinski definition) is 2. The van der Waals surface area contributed by atoms with Gasteiger partial charge in [0.1, 0.15) is 11.2 Å². The smallest absolute Gasteiger partial charge is 0.143 e. The van der Waals surface area contributed by atoms with Gasteiger partial charge in [-0.05, 0) is 40.4 Å². The van der Waals surface area contributed by atoms with Crippen molar-refractivity contribution in [2.75, 3.05) is 0 Å². The molecule has 0 saturated heterocycles. The average molecular weight is 345 g/mol. The third kappa shape index (κ3) is 2.04. The Kier molecular flexibility index (Phi) is 2.91. The molecule has 0 unspecified atom stereocenters. The van der Waals surface area contributed by atoms with Crippen LogP contribution < -0.4 is 0 Å². The Morgan fingerprint density at radius 2 is 1.30 bits per heavy atom. The second kappa shape index (κ2) is 5.42. The summed E-state index contributed by atoms with van der Waals surface area (Å²) in [5.41, 5.74) is 3.87. The standard InChI is InChI=1S/C25H15NO/c1-3-9-19-17(7-1)18-8-2-4-10-20(18)25-24(19)21-13-12-16(15-23(21)27-25)22-11-5-6-14-26-22/h1-15H. The largest absolute Gasteiger partial charge is 0.455 e. The molecule has 0 radical (unpaired) electrons. The zero-order chi connectivity index (χ0) is 17.8. The molecule has 0 spiro atoms. The van der Waals surface area contributed by atoms with E-state index in [2.05, 4.69) is 71.7 Å². The van der Waals surface area contributed by atoms with Crippen LogP contribution in [-0.2, 0) is 0 Å². The summed E-state index contributed by atoms with van der Waals surface area (Å²) < 4.78 is 6.41. The molecule has 0 bridgehead atoms. The van der Waals surface area contributed by atoms with E-state index in [1.165, 1.54) is 21.5 Å². The molecule has 2 heteroatoms. The van der Waals surface area contributed by atoms with E-state index in [9.17, 15) is 0 Å². The fourth-order valence-corrected chi connectivity index (χ4v) is 4.10. The minimum Gasteiger partial charge on any atom is -0.455 e. The van der Waals surface area contributed by atoms with Gasteiger partial charge in [0.25, 0.3) is 0 Å². The zero-order valence-electron chi connectivity index (χ0n) is 14.5. The van der Waals surface area contributed by atoms with E-state index in [0.29, 0.717) is 0 Å². The van der Waals surface area contributed by atoms with Gasteiger partial charge in [0.05, 0.1) is 5.69 Å². The van der Waals surface area contributed by atoms with E-state index in [1.807, 2.05) is 24.4 Å². The molecular formula is C25H15NO. The number of aromatic nitrogens is 1. The van der Waals surface area contributed by atoms with Crippen molar-refractivity contribution < 1.29 is 4.42 Å². The first-order valence-electron chi connectivity index (χ1n) is 9.07. The lowest BCUT2D eigenvalue weighted by Crippen LogP contribution is -1.81. The lowest BCUT2D eigenvalue weighted by atomic mass is 9.96. The van der Waals surface area contributed by atoms with Crippen molar-refractivity contribution in [3.05, 3.63) is 91.1 Å². The van der Waals surface area contributed by atoms with E-state index >= 15 is 0 Å². The lowest BCUT2D eigenvalue weighted by Gasteiger charge is -2.05. The van der Waals surface area contributed by atoms with Gasteiger partial charge in [0.2, 0.25) is 0 Å². The predicted molar refractivity (Wildman–Crippen MR) is 112 cm³/mol. The van der Waals surface area contributed by atoms with Gasteiger partial charge in [-0.25, -0.2) is 0 Å². The molecule has 0 amide bonds. The molecule has 0 aliphatic carbocycles. The van der Waals surface area contributed by atoms with Gasteiger partial charge in [-0.2, -0.15) is 0 Å². The summed E-state index contributed by atoms with van der Waals surface area (Å²) in [5, 5.41) is 7.21. The van der Waals surface area contributed by atoms with Crippen molar-refractivity contribution >= 4 is 43.5 Å². The Bertz CT molecular complexity index is 1460. The normalized spacial score (nSPS) is 11.7. The van der Waals surface area contributed by atoms with Crippen molar-refractivity contribution in [2.45, 2.75) is 0 Å². The van der Waals surface area contributed by atoms with E-state index in [1.54, 1.807) is 0 Å². The van der Waals surface area contributed by atoms with Crippen LogP contribution >= 0.6 is 0 Å². The Morgan fingerprint density at radius 3 is 2.07 bits per heavy atom. The monoisotopic (exact) mass is 345 g/mol. The molecule has 0 atom stereocenters. The number of pyridine rings is 1. The van der Waals surface area contributed by atoms with Gasteiger partial charge in [-0.15, -0.1) is 0 Å². The van der Waals surface area contributed by atoms with E-state index < -0.39 is 0 Å². The summed E-state index contributed by atoms with van der Waals surface area (Å²) in [6.07, 6.45) is 1.82. The molecule has 27 heavy (non-hydrogen) atoms. The summed E-state index contributed by atoms with van der Waals surface area (Å²) >= 11 is 0. The second-order valence-corrected chi connectivity index (χ2v) is 6.82. The molecular weight excluding hydrogens is 330 g/mol. The molecule has 2 nitrogen and oxygen atoms in total. The lowest BCUT2D eigenvalue weighted by molar-refractivity contribution is 0.673. The minimum atomic E-state index is 0.898. The van der Waals surface area contributed by atoms with Gasteiger partial charge in [0.15, 0.2) is 0 Å². The van der Waals surface area contributed by atoms with Crippen molar-refractivity contribution in [2.24, 2.45) is 0 Å². The Hall–Kier alpha value is -3.65. The highest BCUT2D eigenvalue weighted by Crippen LogP contribution is 2.41. The van der Waals surface area contributed by atoms with Crippen LogP contribution in [0, 0.1) is 0 Å². The van der Waals surface area contributed by atoms with Crippen LogP contribution in [0.25, 0.3) is 54.7 Å². The van der Waals surface area contributed by atoms with Gasteiger partial charge in [-0.1, -0.05) is 60.7 Å². The topological polar surface area (TPSA) is 26.0 Å². The minimum absolute atomic E-state index is 0.898. The second-order valence-electron chi connectivity index (χ2n) is 6.82. The van der Waals surface area contributed by atoms with Gasteiger partial charge >= 0.3 is 0 Å². The summed E-state index contributed by atoms with van der Waals surface area (Å²) in [7, 11) is 0. The van der Waals surface area contributed by atoms with Crippen molar-refractivity contribution in [3.63, 3.8) is 0 Å². The highest BCUT2D eigenvalue weighted by Gasteiger charge is 2.15. The fraction of sp³-hybridized carbons (Fsp3) is 0. The maximum absolute atomic E-state index is 6.41. The molecule has 0 aliphatic rings. The molecule has 4 aromatic carbocycles. The summed E-state index contributed by atoms with van der Waals surface area (Å²) in [6.45, 7) is 0. The van der Waals surface area contributed by atoms with E-state index in [-0.39, 0.29) is 0 Å². The van der Waals surface area contributed by atoms with Crippen molar-refractivity contribution in [1.82, 2.24) is 4.98 Å². The molecule has 126 valence electrons. The molecule has 0 aliphatic heterocycles. The Labute approximate surface area is 155 Å².